The zero-order chi connectivity index (χ0) is 15.7. The highest BCUT2D eigenvalue weighted by Crippen LogP contribution is 2.50. The Bertz CT molecular complexity index is 484. The fraction of sp³-hybridized carbons (Fsp3) is 0.667. The maximum absolute atomic E-state index is 11.7. The molecule has 0 aromatic carbocycles. The van der Waals surface area contributed by atoms with Gasteiger partial charge < -0.3 is 9.26 Å². The minimum Gasteiger partial charge on any atom is -0.461 e. The van der Waals surface area contributed by atoms with Gasteiger partial charge in [-0.15, -0.1) is 0 Å². The van der Waals surface area contributed by atoms with E-state index in [0.29, 0.717) is 19.8 Å². The molecule has 0 radical (unpaired) electrons. The van der Waals surface area contributed by atoms with Crippen molar-refractivity contribution < 1.29 is 23.1 Å². The Morgan fingerprint density at radius 3 is 2.57 bits per heavy atom. The molecule has 0 spiro atoms. The van der Waals surface area contributed by atoms with Crippen LogP contribution in [0.2, 0.25) is 0 Å². The predicted octanol–water partition coefficient (Wildman–Crippen LogP) is 3.78. The van der Waals surface area contributed by atoms with Crippen molar-refractivity contribution in [1.82, 2.24) is 4.98 Å². The normalized spacial score (nSPS) is 11.4. The molecule has 0 unspecified atom stereocenters. The van der Waals surface area contributed by atoms with Crippen molar-refractivity contribution in [3.8, 4) is 5.19 Å². The summed E-state index contributed by atoms with van der Waals surface area (Å²) in [6.45, 7) is 3.94. The topological polar surface area (TPSA) is 66.9 Å². The molecule has 6 nitrogen and oxygen atoms in total. The lowest BCUT2D eigenvalue weighted by Gasteiger charge is -2.18. The number of carbonyl (C=O) groups is 1. The molecular weight excluding hydrogens is 333 g/mol. The lowest BCUT2D eigenvalue weighted by molar-refractivity contribution is 0.0493. The van der Waals surface area contributed by atoms with Crippen molar-refractivity contribution in [2.45, 2.75) is 33.6 Å². The molecule has 1 aromatic rings. The van der Waals surface area contributed by atoms with E-state index in [0.717, 1.165) is 24.2 Å². The second kappa shape index (κ2) is 9.48. The number of nitrogens with zero attached hydrogens (tertiary/aromatic N) is 1. The number of carbonyl (C=O) groups excluding carboxylic acids is 1. The highest BCUT2D eigenvalue weighted by Gasteiger charge is 2.24. The van der Waals surface area contributed by atoms with Crippen LogP contribution in [0, 0.1) is 0 Å². The Balaban J connectivity index is 2.65. The first-order chi connectivity index (χ1) is 10.0. The van der Waals surface area contributed by atoms with Crippen molar-refractivity contribution in [2.75, 3.05) is 19.8 Å². The summed E-state index contributed by atoms with van der Waals surface area (Å²) in [4.78, 5) is 15.8. The van der Waals surface area contributed by atoms with Crippen LogP contribution in [0.5, 0.6) is 5.19 Å². The van der Waals surface area contributed by atoms with E-state index < -0.39 is 12.7 Å². The Hall–Kier alpha value is -0.530. The molecule has 0 aliphatic carbocycles. The van der Waals surface area contributed by atoms with Gasteiger partial charge in [-0.25, -0.2) is 4.79 Å². The number of aromatic nitrogens is 1. The third-order valence-corrected chi connectivity index (χ3v) is 5.43. The number of rotatable bonds is 10. The Morgan fingerprint density at radius 1 is 1.33 bits per heavy atom. The Labute approximate surface area is 134 Å². The minimum absolute atomic E-state index is 0.209. The summed E-state index contributed by atoms with van der Waals surface area (Å²) in [7, 11) is 0. The molecule has 0 N–H and O–H groups in total. The van der Waals surface area contributed by atoms with Gasteiger partial charge in [0.05, 0.1) is 19.8 Å². The van der Waals surface area contributed by atoms with Crippen LogP contribution < -0.4 is 4.52 Å². The fourth-order valence-corrected chi connectivity index (χ4v) is 4.29. The molecule has 0 saturated heterocycles. The summed E-state index contributed by atoms with van der Waals surface area (Å²) in [5, 5.41) is 1.82. The van der Waals surface area contributed by atoms with Crippen LogP contribution in [0.25, 0.3) is 0 Å². The zero-order valence-electron chi connectivity index (χ0n) is 12.4. The monoisotopic (exact) mass is 353 g/mol. The third kappa shape index (κ3) is 6.40. The van der Waals surface area contributed by atoms with Crippen LogP contribution in [-0.2, 0) is 25.6 Å². The third-order valence-electron chi connectivity index (χ3n) is 2.19. The van der Waals surface area contributed by atoms with Crippen molar-refractivity contribution in [3.63, 3.8) is 0 Å². The standard InChI is InChI=1S/C12H20NO5PS2/c1-4-7-8-15-11(14)10-9-21-12(13-10)18-19(20,16-5-2)17-6-3/h9H,4-8H2,1-3H3. The zero-order valence-corrected chi connectivity index (χ0v) is 14.9. The molecule has 21 heavy (non-hydrogen) atoms. The average molecular weight is 353 g/mol. The lowest BCUT2D eigenvalue weighted by atomic mass is 10.4. The van der Waals surface area contributed by atoms with Crippen LogP contribution in [0.15, 0.2) is 5.38 Å². The van der Waals surface area contributed by atoms with Crippen molar-refractivity contribution >= 4 is 35.8 Å². The van der Waals surface area contributed by atoms with Gasteiger partial charge in [-0.05, 0) is 20.3 Å². The summed E-state index contributed by atoms with van der Waals surface area (Å²) in [6, 6.07) is 0. The average Bonchev–Trinajstić information content (AvgIpc) is 2.87. The predicted molar refractivity (Wildman–Crippen MR) is 85.5 cm³/mol. The molecule has 0 bridgehead atoms. The van der Waals surface area contributed by atoms with Gasteiger partial charge >= 0.3 is 12.7 Å². The maximum Gasteiger partial charge on any atom is 0.382 e. The van der Waals surface area contributed by atoms with E-state index in [1.165, 1.54) is 0 Å². The Kier molecular flexibility index (Phi) is 8.36. The van der Waals surface area contributed by atoms with Crippen molar-refractivity contribution in [2.24, 2.45) is 0 Å². The number of hydrogen-bond acceptors (Lipinski definition) is 8. The molecule has 0 atom stereocenters. The molecule has 0 fully saturated rings. The van der Waals surface area contributed by atoms with Crippen LogP contribution in [0.1, 0.15) is 44.1 Å². The highest BCUT2D eigenvalue weighted by atomic mass is 32.5. The summed E-state index contributed by atoms with van der Waals surface area (Å²) in [5.41, 5.74) is 0.209. The quantitative estimate of drug-likeness (QED) is 0.360. The number of thiazole rings is 1. The van der Waals surface area contributed by atoms with Crippen LogP contribution in [-0.4, -0.2) is 30.8 Å². The first-order valence-electron chi connectivity index (χ1n) is 6.76. The van der Waals surface area contributed by atoms with E-state index >= 15 is 0 Å². The smallest absolute Gasteiger partial charge is 0.382 e. The number of unbranched alkanes of at least 4 members (excludes halogenated alkanes) is 1. The fourth-order valence-electron chi connectivity index (χ4n) is 1.28. The summed E-state index contributed by atoms with van der Waals surface area (Å²) < 4.78 is 21.3. The van der Waals surface area contributed by atoms with Crippen molar-refractivity contribution in [3.05, 3.63) is 11.1 Å². The second-order valence-corrected chi connectivity index (χ2v) is 7.62. The molecule has 0 aliphatic rings. The van der Waals surface area contributed by atoms with Gasteiger partial charge in [-0.2, -0.15) is 4.98 Å². The summed E-state index contributed by atoms with van der Waals surface area (Å²) >= 11 is 6.40. The first-order valence-corrected chi connectivity index (χ1v) is 10.2. The van der Waals surface area contributed by atoms with Gasteiger partial charge in [0.2, 0.25) is 0 Å². The van der Waals surface area contributed by atoms with Gasteiger partial charge in [-0.1, -0.05) is 24.7 Å². The first kappa shape index (κ1) is 18.5. The molecule has 1 heterocycles. The van der Waals surface area contributed by atoms with Crippen molar-refractivity contribution in [1.29, 1.82) is 0 Å². The van der Waals surface area contributed by atoms with Gasteiger partial charge in [0, 0.05) is 17.2 Å². The van der Waals surface area contributed by atoms with Crippen LogP contribution in [0.3, 0.4) is 0 Å². The molecule has 9 heteroatoms. The summed E-state index contributed by atoms with van der Waals surface area (Å²) in [6.07, 6.45) is 1.79. The molecule has 120 valence electrons. The molecule has 0 aliphatic heterocycles. The van der Waals surface area contributed by atoms with Gasteiger partial charge in [-0.3, -0.25) is 9.05 Å². The van der Waals surface area contributed by atoms with E-state index in [-0.39, 0.29) is 10.9 Å². The molecule has 1 aromatic heterocycles. The molecule has 0 amide bonds. The molecule has 0 saturated carbocycles. The van der Waals surface area contributed by atoms with E-state index in [4.69, 9.17) is 30.1 Å². The highest BCUT2D eigenvalue weighted by molar-refractivity contribution is 8.07. The van der Waals surface area contributed by atoms with E-state index in [1.54, 1.807) is 5.38 Å². The van der Waals surface area contributed by atoms with Gasteiger partial charge in [0.25, 0.3) is 5.19 Å². The van der Waals surface area contributed by atoms with Gasteiger partial charge in [0.1, 0.15) is 0 Å². The van der Waals surface area contributed by atoms with Gasteiger partial charge in [0.15, 0.2) is 5.69 Å². The summed E-state index contributed by atoms with van der Waals surface area (Å²) in [5.74, 6) is -0.462. The number of ether oxygens (including phenoxy) is 1. The second-order valence-electron chi connectivity index (χ2n) is 3.86. The van der Waals surface area contributed by atoms with Crippen LogP contribution >= 0.6 is 18.1 Å². The molecule has 1 rings (SSSR count). The number of esters is 1. The van der Waals surface area contributed by atoms with Crippen LogP contribution in [0.4, 0.5) is 0 Å². The largest absolute Gasteiger partial charge is 0.461 e. The molecular formula is C12H20NO5PS2. The van der Waals surface area contributed by atoms with E-state index in [2.05, 4.69) is 4.98 Å². The lowest BCUT2D eigenvalue weighted by Crippen LogP contribution is -2.07. The maximum atomic E-state index is 11.7. The van der Waals surface area contributed by atoms with E-state index in [9.17, 15) is 4.79 Å². The Morgan fingerprint density at radius 2 is 2.00 bits per heavy atom. The minimum atomic E-state index is -2.86. The SMILES string of the molecule is CCCCOC(=O)c1csc(OP(=S)(OCC)OCC)n1. The number of hydrogen-bond donors (Lipinski definition) is 0. The van der Waals surface area contributed by atoms with E-state index in [1.807, 2.05) is 20.8 Å².